The monoisotopic (exact) mass is 272 g/mol. The SMILES string of the molecule is Cc1cc(NC(=O)c2ncc(C#N)cc2Cl)ccn1. The van der Waals surface area contributed by atoms with E-state index in [0.29, 0.717) is 11.3 Å². The first-order valence-corrected chi connectivity index (χ1v) is 5.77. The lowest BCUT2D eigenvalue weighted by Crippen LogP contribution is -2.14. The second-order valence-electron chi connectivity index (χ2n) is 3.81. The predicted octanol–water partition coefficient (Wildman–Crippen LogP) is 2.56. The highest BCUT2D eigenvalue weighted by Crippen LogP contribution is 2.17. The number of aryl methyl sites for hydroxylation is 1. The van der Waals surface area contributed by atoms with Gasteiger partial charge in [-0.1, -0.05) is 11.6 Å². The second-order valence-corrected chi connectivity index (χ2v) is 4.21. The van der Waals surface area contributed by atoms with Crippen molar-refractivity contribution in [3.63, 3.8) is 0 Å². The molecule has 5 nitrogen and oxygen atoms in total. The normalized spacial score (nSPS) is 9.74. The third-order valence-corrected chi connectivity index (χ3v) is 2.63. The third-order valence-electron chi connectivity index (χ3n) is 2.34. The number of amides is 1. The Morgan fingerprint density at radius 3 is 2.84 bits per heavy atom. The average Bonchev–Trinajstić information content (AvgIpc) is 2.38. The molecule has 0 aliphatic rings. The van der Waals surface area contributed by atoms with Gasteiger partial charge in [0.05, 0.1) is 10.6 Å². The van der Waals surface area contributed by atoms with Crippen molar-refractivity contribution in [1.29, 1.82) is 5.26 Å². The van der Waals surface area contributed by atoms with Gasteiger partial charge < -0.3 is 5.32 Å². The van der Waals surface area contributed by atoms with E-state index in [2.05, 4.69) is 15.3 Å². The highest BCUT2D eigenvalue weighted by atomic mass is 35.5. The maximum absolute atomic E-state index is 12.0. The van der Waals surface area contributed by atoms with Crippen molar-refractivity contribution >= 4 is 23.2 Å². The minimum Gasteiger partial charge on any atom is -0.320 e. The number of nitriles is 1. The molecular formula is C13H9ClN4O. The summed E-state index contributed by atoms with van der Waals surface area (Å²) in [6, 6.07) is 6.71. The van der Waals surface area contributed by atoms with Crippen LogP contribution in [0, 0.1) is 18.3 Å². The molecule has 0 saturated carbocycles. The largest absolute Gasteiger partial charge is 0.320 e. The van der Waals surface area contributed by atoms with Gasteiger partial charge in [0, 0.05) is 23.8 Å². The summed E-state index contributed by atoms with van der Waals surface area (Å²) in [5.41, 5.74) is 1.79. The predicted molar refractivity (Wildman–Crippen MR) is 70.9 cm³/mol. The molecule has 2 aromatic heterocycles. The van der Waals surface area contributed by atoms with Gasteiger partial charge in [0.25, 0.3) is 5.91 Å². The number of nitrogens with zero attached hydrogens (tertiary/aromatic N) is 3. The zero-order chi connectivity index (χ0) is 13.8. The van der Waals surface area contributed by atoms with E-state index in [4.69, 9.17) is 16.9 Å². The molecule has 2 aromatic rings. The van der Waals surface area contributed by atoms with E-state index in [1.54, 1.807) is 18.3 Å². The number of carbonyl (C=O) groups is 1. The van der Waals surface area contributed by atoms with Crippen LogP contribution < -0.4 is 5.32 Å². The number of aromatic nitrogens is 2. The number of anilines is 1. The van der Waals surface area contributed by atoms with Crippen LogP contribution in [0.25, 0.3) is 0 Å². The summed E-state index contributed by atoms with van der Waals surface area (Å²) in [6.07, 6.45) is 2.90. The van der Waals surface area contributed by atoms with E-state index < -0.39 is 5.91 Å². The fourth-order valence-corrected chi connectivity index (χ4v) is 1.73. The number of rotatable bonds is 2. The van der Waals surface area contributed by atoms with E-state index in [9.17, 15) is 4.79 Å². The summed E-state index contributed by atoms with van der Waals surface area (Å²) in [4.78, 5) is 19.9. The first-order chi connectivity index (χ1) is 9.10. The van der Waals surface area contributed by atoms with Crippen molar-refractivity contribution in [3.05, 3.63) is 52.6 Å². The van der Waals surface area contributed by atoms with Crippen LogP contribution in [-0.4, -0.2) is 15.9 Å². The molecule has 0 unspecified atom stereocenters. The van der Waals surface area contributed by atoms with E-state index >= 15 is 0 Å². The van der Waals surface area contributed by atoms with Crippen LogP contribution in [0.2, 0.25) is 5.02 Å². The van der Waals surface area contributed by atoms with Gasteiger partial charge in [0.15, 0.2) is 0 Å². The number of nitrogens with one attached hydrogen (secondary N) is 1. The Morgan fingerprint density at radius 2 is 2.21 bits per heavy atom. The topological polar surface area (TPSA) is 78.7 Å². The van der Waals surface area contributed by atoms with Crippen LogP contribution in [-0.2, 0) is 0 Å². The summed E-state index contributed by atoms with van der Waals surface area (Å²) in [5, 5.41) is 11.5. The van der Waals surface area contributed by atoms with Crippen molar-refractivity contribution in [1.82, 2.24) is 9.97 Å². The molecule has 0 aliphatic heterocycles. The molecule has 0 fully saturated rings. The quantitative estimate of drug-likeness (QED) is 0.911. The molecule has 1 N–H and O–H groups in total. The van der Waals surface area contributed by atoms with Crippen LogP contribution in [0.3, 0.4) is 0 Å². The first kappa shape index (κ1) is 13.0. The smallest absolute Gasteiger partial charge is 0.275 e. The number of hydrogen-bond acceptors (Lipinski definition) is 4. The highest BCUT2D eigenvalue weighted by Gasteiger charge is 2.13. The highest BCUT2D eigenvalue weighted by molar-refractivity contribution is 6.34. The van der Waals surface area contributed by atoms with Gasteiger partial charge in [0.2, 0.25) is 0 Å². The van der Waals surface area contributed by atoms with Crippen molar-refractivity contribution in [3.8, 4) is 6.07 Å². The lowest BCUT2D eigenvalue weighted by Gasteiger charge is -2.06. The molecule has 0 bridgehead atoms. The van der Waals surface area contributed by atoms with Crippen molar-refractivity contribution in [2.75, 3.05) is 5.32 Å². The molecule has 0 radical (unpaired) electrons. The van der Waals surface area contributed by atoms with Gasteiger partial charge in [-0.2, -0.15) is 5.26 Å². The zero-order valence-corrected chi connectivity index (χ0v) is 10.8. The maximum Gasteiger partial charge on any atom is 0.275 e. The summed E-state index contributed by atoms with van der Waals surface area (Å²) >= 11 is 5.91. The maximum atomic E-state index is 12.0. The number of carbonyl (C=O) groups excluding carboxylic acids is 1. The molecule has 2 heterocycles. The Morgan fingerprint density at radius 1 is 1.42 bits per heavy atom. The molecule has 2 rings (SSSR count). The number of hydrogen-bond donors (Lipinski definition) is 1. The summed E-state index contributed by atoms with van der Waals surface area (Å²) in [5.74, 6) is -0.430. The Balaban J connectivity index is 2.23. The Kier molecular flexibility index (Phi) is 3.74. The number of halogens is 1. The summed E-state index contributed by atoms with van der Waals surface area (Å²) < 4.78 is 0. The van der Waals surface area contributed by atoms with Gasteiger partial charge in [-0.15, -0.1) is 0 Å². The lowest BCUT2D eigenvalue weighted by atomic mass is 10.2. The molecule has 1 amide bonds. The summed E-state index contributed by atoms with van der Waals surface area (Å²) in [7, 11) is 0. The minimum absolute atomic E-state index is 0.0788. The molecule has 0 spiro atoms. The molecule has 0 atom stereocenters. The van der Waals surface area contributed by atoms with Gasteiger partial charge >= 0.3 is 0 Å². The van der Waals surface area contributed by atoms with Crippen LogP contribution >= 0.6 is 11.6 Å². The fraction of sp³-hybridized carbons (Fsp3) is 0.0769. The summed E-state index contributed by atoms with van der Waals surface area (Å²) in [6.45, 7) is 1.82. The Labute approximate surface area is 114 Å². The minimum atomic E-state index is -0.430. The van der Waals surface area contributed by atoms with Crippen LogP contribution in [0.4, 0.5) is 5.69 Å². The van der Waals surface area contributed by atoms with E-state index in [1.807, 2.05) is 13.0 Å². The average molecular weight is 273 g/mol. The van der Waals surface area contributed by atoms with E-state index in [0.717, 1.165) is 5.69 Å². The second kappa shape index (κ2) is 5.46. The van der Waals surface area contributed by atoms with E-state index in [1.165, 1.54) is 12.3 Å². The lowest BCUT2D eigenvalue weighted by molar-refractivity contribution is 0.102. The molecular weight excluding hydrogens is 264 g/mol. The first-order valence-electron chi connectivity index (χ1n) is 5.40. The standard InChI is InChI=1S/C13H9ClN4O/c1-8-4-10(2-3-16-8)18-13(19)12-11(14)5-9(6-15)7-17-12/h2-5,7H,1H3,(H,16,18,19). The van der Waals surface area contributed by atoms with Gasteiger partial charge in [0.1, 0.15) is 11.8 Å². The van der Waals surface area contributed by atoms with Gasteiger partial charge in [-0.25, -0.2) is 4.98 Å². The Hall–Kier alpha value is -2.45. The van der Waals surface area contributed by atoms with Gasteiger partial charge in [-0.3, -0.25) is 9.78 Å². The molecule has 94 valence electrons. The molecule has 0 aliphatic carbocycles. The molecule has 0 aromatic carbocycles. The third kappa shape index (κ3) is 3.06. The van der Waals surface area contributed by atoms with Crippen LogP contribution in [0.5, 0.6) is 0 Å². The van der Waals surface area contributed by atoms with E-state index in [-0.39, 0.29) is 10.7 Å². The molecule has 19 heavy (non-hydrogen) atoms. The fourth-order valence-electron chi connectivity index (χ4n) is 1.48. The van der Waals surface area contributed by atoms with Gasteiger partial charge in [-0.05, 0) is 25.1 Å². The molecule has 6 heteroatoms. The number of pyridine rings is 2. The van der Waals surface area contributed by atoms with Crippen molar-refractivity contribution in [2.45, 2.75) is 6.92 Å². The van der Waals surface area contributed by atoms with Crippen LogP contribution in [0.15, 0.2) is 30.6 Å². The van der Waals surface area contributed by atoms with Crippen molar-refractivity contribution in [2.24, 2.45) is 0 Å². The van der Waals surface area contributed by atoms with Crippen LogP contribution in [0.1, 0.15) is 21.7 Å². The zero-order valence-electron chi connectivity index (χ0n) is 10.0. The Bertz CT molecular complexity index is 679. The van der Waals surface area contributed by atoms with Crippen molar-refractivity contribution < 1.29 is 4.79 Å². The molecule has 0 saturated heterocycles.